The van der Waals surface area contributed by atoms with E-state index < -0.39 is 32.1 Å². The standard InChI is InChI=1S/C15H12ClFN2O6S/c1-9(25-14-7-4-11(19(21)22)8-13(14)16)15(20)18-10-2-5-12(6-3-10)26(17,23)24/h2-9H,1H3,(H,18,20)/t9-/m1/s1. The SMILES string of the molecule is C[C@@H](Oc1ccc([N+](=O)[O-])cc1Cl)C(=O)Nc1ccc(S(=O)(=O)F)cc1. The van der Waals surface area contributed by atoms with E-state index in [9.17, 15) is 27.2 Å². The molecule has 0 spiro atoms. The van der Waals surface area contributed by atoms with E-state index in [1.807, 2.05) is 0 Å². The maximum absolute atomic E-state index is 12.8. The Kier molecular flexibility index (Phi) is 5.78. The molecule has 0 bridgehead atoms. The first-order valence-corrected chi connectivity index (χ1v) is 8.80. The van der Waals surface area contributed by atoms with Gasteiger partial charge in [-0.2, -0.15) is 8.42 Å². The van der Waals surface area contributed by atoms with Gasteiger partial charge in [-0.25, -0.2) is 0 Å². The zero-order chi connectivity index (χ0) is 19.5. The van der Waals surface area contributed by atoms with Gasteiger partial charge >= 0.3 is 10.2 Å². The van der Waals surface area contributed by atoms with Gasteiger partial charge in [-0.1, -0.05) is 11.6 Å². The third-order valence-corrected chi connectivity index (χ3v) is 4.33. The number of nitrogens with one attached hydrogen (secondary N) is 1. The van der Waals surface area contributed by atoms with Crippen LogP contribution in [-0.2, 0) is 15.0 Å². The Labute approximate surface area is 152 Å². The van der Waals surface area contributed by atoms with Crippen LogP contribution in [0, 0.1) is 10.1 Å². The fraction of sp³-hybridized carbons (Fsp3) is 0.133. The Bertz CT molecular complexity index is 949. The van der Waals surface area contributed by atoms with Crippen molar-refractivity contribution >= 4 is 39.1 Å². The Morgan fingerprint density at radius 1 is 1.27 bits per heavy atom. The van der Waals surface area contributed by atoms with Crippen molar-refractivity contribution in [2.75, 3.05) is 5.32 Å². The highest BCUT2D eigenvalue weighted by atomic mass is 35.5. The highest BCUT2D eigenvalue weighted by Gasteiger charge is 2.18. The summed E-state index contributed by atoms with van der Waals surface area (Å²) in [6, 6.07) is 7.99. The predicted octanol–water partition coefficient (Wildman–Crippen LogP) is 3.31. The van der Waals surface area contributed by atoms with Gasteiger partial charge in [0.05, 0.1) is 14.8 Å². The number of ether oxygens (including phenoxy) is 1. The number of hydrogen-bond acceptors (Lipinski definition) is 6. The lowest BCUT2D eigenvalue weighted by Gasteiger charge is -2.15. The summed E-state index contributed by atoms with van der Waals surface area (Å²) in [6.45, 7) is 1.42. The van der Waals surface area contributed by atoms with Crippen molar-refractivity contribution in [2.45, 2.75) is 17.9 Å². The van der Waals surface area contributed by atoms with Crippen molar-refractivity contribution in [3.63, 3.8) is 0 Å². The van der Waals surface area contributed by atoms with Crippen LogP contribution in [0.4, 0.5) is 15.3 Å². The largest absolute Gasteiger partial charge is 0.479 e. The molecule has 1 N–H and O–H groups in total. The smallest absolute Gasteiger partial charge is 0.332 e. The molecule has 0 aliphatic rings. The van der Waals surface area contributed by atoms with E-state index in [2.05, 4.69) is 5.32 Å². The summed E-state index contributed by atoms with van der Waals surface area (Å²) >= 11 is 5.89. The van der Waals surface area contributed by atoms with Crippen molar-refractivity contribution in [1.29, 1.82) is 0 Å². The second kappa shape index (κ2) is 7.67. The van der Waals surface area contributed by atoms with E-state index in [0.29, 0.717) is 0 Å². The highest BCUT2D eigenvalue weighted by molar-refractivity contribution is 7.86. The van der Waals surface area contributed by atoms with Crippen LogP contribution < -0.4 is 10.1 Å². The Balaban J connectivity index is 2.05. The van der Waals surface area contributed by atoms with Gasteiger partial charge in [0.15, 0.2) is 6.10 Å². The fourth-order valence-electron chi connectivity index (χ4n) is 1.89. The van der Waals surface area contributed by atoms with Crippen LogP contribution >= 0.6 is 11.6 Å². The lowest BCUT2D eigenvalue weighted by atomic mass is 10.3. The first-order chi connectivity index (χ1) is 12.1. The van der Waals surface area contributed by atoms with Gasteiger partial charge < -0.3 is 10.1 Å². The zero-order valence-electron chi connectivity index (χ0n) is 13.2. The molecule has 0 unspecified atom stereocenters. The predicted molar refractivity (Wildman–Crippen MR) is 91.6 cm³/mol. The molecule has 0 heterocycles. The Hall–Kier alpha value is -2.72. The van der Waals surface area contributed by atoms with E-state index in [0.717, 1.165) is 18.2 Å². The van der Waals surface area contributed by atoms with Crippen LogP contribution in [0.1, 0.15) is 6.92 Å². The number of carbonyl (C=O) groups is 1. The van der Waals surface area contributed by atoms with Crippen LogP contribution in [0.2, 0.25) is 5.02 Å². The van der Waals surface area contributed by atoms with Crippen molar-refractivity contribution in [2.24, 2.45) is 0 Å². The molecule has 0 aromatic heterocycles. The lowest BCUT2D eigenvalue weighted by Crippen LogP contribution is -2.30. The molecule has 11 heteroatoms. The number of rotatable bonds is 6. The quantitative estimate of drug-likeness (QED) is 0.450. The number of anilines is 1. The number of hydrogen-bond donors (Lipinski definition) is 1. The second-order valence-electron chi connectivity index (χ2n) is 5.08. The van der Waals surface area contributed by atoms with Crippen LogP contribution in [0.25, 0.3) is 0 Å². The number of carbonyl (C=O) groups excluding carboxylic acids is 1. The number of nitro benzene ring substituents is 1. The van der Waals surface area contributed by atoms with Crippen LogP contribution in [0.3, 0.4) is 0 Å². The Morgan fingerprint density at radius 3 is 2.38 bits per heavy atom. The number of nitro groups is 1. The van der Waals surface area contributed by atoms with Crippen molar-refractivity contribution < 1.29 is 26.8 Å². The van der Waals surface area contributed by atoms with Gasteiger partial charge in [-0.15, -0.1) is 3.89 Å². The Morgan fingerprint density at radius 2 is 1.88 bits per heavy atom. The molecule has 2 rings (SSSR count). The van der Waals surface area contributed by atoms with Crippen LogP contribution in [-0.4, -0.2) is 25.4 Å². The number of benzene rings is 2. The molecule has 1 amide bonds. The summed E-state index contributed by atoms with van der Waals surface area (Å²) in [5, 5.41) is 13.1. The minimum Gasteiger partial charge on any atom is -0.479 e. The average molecular weight is 403 g/mol. The van der Waals surface area contributed by atoms with E-state index in [4.69, 9.17) is 16.3 Å². The third-order valence-electron chi connectivity index (χ3n) is 3.20. The van der Waals surface area contributed by atoms with Gasteiger partial charge in [-0.05, 0) is 37.3 Å². The van der Waals surface area contributed by atoms with E-state index >= 15 is 0 Å². The summed E-state index contributed by atoms with van der Waals surface area (Å²) in [5.41, 5.74) is 0.00926. The molecule has 0 aliphatic heterocycles. The van der Waals surface area contributed by atoms with Crippen LogP contribution in [0.15, 0.2) is 47.4 Å². The molecule has 2 aromatic rings. The summed E-state index contributed by atoms with van der Waals surface area (Å²) in [6.07, 6.45) is -1.02. The van der Waals surface area contributed by atoms with Gasteiger partial charge in [-0.3, -0.25) is 14.9 Å². The molecule has 8 nitrogen and oxygen atoms in total. The number of halogens is 2. The normalized spacial score (nSPS) is 12.3. The van der Waals surface area contributed by atoms with Gasteiger partial charge in [0, 0.05) is 17.8 Å². The molecular weight excluding hydrogens is 391 g/mol. The zero-order valence-corrected chi connectivity index (χ0v) is 14.8. The maximum atomic E-state index is 12.8. The van der Waals surface area contributed by atoms with Gasteiger partial charge in [0.25, 0.3) is 11.6 Å². The topological polar surface area (TPSA) is 116 Å². The molecule has 0 radical (unpaired) electrons. The molecule has 0 fully saturated rings. The monoisotopic (exact) mass is 402 g/mol. The number of amides is 1. The minimum atomic E-state index is -4.82. The molecule has 2 aromatic carbocycles. The van der Waals surface area contributed by atoms with Crippen molar-refractivity contribution in [1.82, 2.24) is 0 Å². The summed E-state index contributed by atoms with van der Waals surface area (Å²) < 4.78 is 39.7. The summed E-state index contributed by atoms with van der Waals surface area (Å²) in [5.74, 6) is -0.505. The molecule has 138 valence electrons. The van der Waals surface area contributed by atoms with E-state index in [1.165, 1.54) is 31.2 Å². The van der Waals surface area contributed by atoms with Gasteiger partial charge in [0.2, 0.25) is 0 Å². The number of non-ortho nitro benzene ring substituents is 1. The molecular formula is C15H12ClFN2O6S. The highest BCUT2D eigenvalue weighted by Crippen LogP contribution is 2.29. The number of nitrogens with zero attached hydrogens (tertiary/aromatic N) is 1. The first kappa shape index (κ1) is 19.6. The molecule has 1 atom stereocenters. The molecule has 0 aliphatic carbocycles. The summed E-state index contributed by atoms with van der Waals surface area (Å²) in [7, 11) is -4.82. The van der Waals surface area contributed by atoms with Crippen molar-refractivity contribution in [3.8, 4) is 5.75 Å². The molecule has 0 saturated heterocycles. The molecule has 26 heavy (non-hydrogen) atoms. The minimum absolute atomic E-state index is 0.0312. The van der Waals surface area contributed by atoms with Gasteiger partial charge in [0.1, 0.15) is 5.75 Å². The molecule has 0 saturated carbocycles. The van der Waals surface area contributed by atoms with Crippen molar-refractivity contribution in [3.05, 3.63) is 57.6 Å². The van der Waals surface area contributed by atoms with E-state index in [-0.39, 0.29) is 22.1 Å². The maximum Gasteiger partial charge on any atom is 0.332 e. The van der Waals surface area contributed by atoms with Crippen LogP contribution in [0.5, 0.6) is 5.75 Å². The third kappa shape index (κ3) is 4.90. The van der Waals surface area contributed by atoms with E-state index in [1.54, 1.807) is 0 Å². The first-order valence-electron chi connectivity index (χ1n) is 7.04. The lowest BCUT2D eigenvalue weighted by molar-refractivity contribution is -0.384. The fourth-order valence-corrected chi connectivity index (χ4v) is 2.57. The summed E-state index contributed by atoms with van der Waals surface area (Å²) in [4.78, 5) is 21.6. The average Bonchev–Trinajstić information content (AvgIpc) is 2.56. The second-order valence-corrected chi connectivity index (χ2v) is 6.84.